The SMILES string of the molecule is CCP(=O)([O-])OCCCCCC(=O)CN. The number of rotatable bonds is 9. The van der Waals surface area contributed by atoms with Crippen LogP contribution in [0, 0.1) is 0 Å². The first kappa shape index (κ1) is 14.8. The third kappa shape index (κ3) is 8.75. The summed E-state index contributed by atoms with van der Waals surface area (Å²) in [5.41, 5.74) is 5.14. The number of hydrogen-bond donors (Lipinski definition) is 1. The number of unbranched alkanes of at least 4 members (excludes halogenated alkanes) is 2. The number of carbonyl (C=O) groups excluding carboxylic acids is 1. The summed E-state index contributed by atoms with van der Waals surface area (Å²) in [7, 11) is -3.58. The highest BCUT2D eigenvalue weighted by Crippen LogP contribution is 2.35. The molecular weight excluding hydrogens is 217 g/mol. The number of ketones is 1. The first-order chi connectivity index (χ1) is 7.02. The molecule has 0 radical (unpaired) electrons. The zero-order chi connectivity index (χ0) is 11.7. The number of nitrogens with two attached hydrogens (primary N) is 1. The topological polar surface area (TPSA) is 92.5 Å². The van der Waals surface area contributed by atoms with Crippen LogP contribution in [0.3, 0.4) is 0 Å². The van der Waals surface area contributed by atoms with Crippen LogP contribution < -0.4 is 10.6 Å². The van der Waals surface area contributed by atoms with E-state index in [1.54, 1.807) is 6.92 Å². The van der Waals surface area contributed by atoms with Gasteiger partial charge >= 0.3 is 0 Å². The van der Waals surface area contributed by atoms with Gasteiger partial charge in [-0.25, -0.2) is 0 Å². The summed E-state index contributed by atoms with van der Waals surface area (Å²) in [4.78, 5) is 21.7. The van der Waals surface area contributed by atoms with Crippen LogP contribution in [-0.2, 0) is 13.9 Å². The monoisotopic (exact) mass is 236 g/mol. The van der Waals surface area contributed by atoms with Crippen molar-refractivity contribution in [3.8, 4) is 0 Å². The Labute approximate surface area is 90.5 Å². The van der Waals surface area contributed by atoms with E-state index in [4.69, 9.17) is 10.3 Å². The maximum atomic E-state index is 10.9. The van der Waals surface area contributed by atoms with E-state index in [9.17, 15) is 14.3 Å². The molecule has 5 nitrogen and oxygen atoms in total. The van der Waals surface area contributed by atoms with Crippen molar-refractivity contribution in [3.05, 3.63) is 0 Å². The van der Waals surface area contributed by atoms with E-state index in [1.165, 1.54) is 0 Å². The van der Waals surface area contributed by atoms with E-state index in [0.717, 1.165) is 12.8 Å². The van der Waals surface area contributed by atoms with Crippen LogP contribution in [0.15, 0.2) is 0 Å². The van der Waals surface area contributed by atoms with Gasteiger partial charge in [-0.1, -0.05) is 13.3 Å². The summed E-state index contributed by atoms with van der Waals surface area (Å²) < 4.78 is 15.6. The molecule has 0 aromatic heterocycles. The Balaban J connectivity index is 3.33. The van der Waals surface area contributed by atoms with Gasteiger partial charge in [0, 0.05) is 12.6 Å². The second-order valence-electron chi connectivity index (χ2n) is 3.31. The van der Waals surface area contributed by atoms with Gasteiger partial charge in [0.05, 0.1) is 13.2 Å². The number of carbonyl (C=O) groups is 1. The van der Waals surface area contributed by atoms with Gasteiger partial charge in [0.1, 0.15) is 13.4 Å². The fourth-order valence-corrected chi connectivity index (χ4v) is 1.59. The molecule has 0 saturated heterocycles. The first-order valence-electron chi connectivity index (χ1n) is 5.18. The zero-order valence-electron chi connectivity index (χ0n) is 9.11. The fraction of sp³-hybridized carbons (Fsp3) is 0.889. The van der Waals surface area contributed by atoms with Gasteiger partial charge in [0.15, 0.2) is 0 Å². The predicted molar refractivity (Wildman–Crippen MR) is 56.6 cm³/mol. The molecule has 1 atom stereocenters. The van der Waals surface area contributed by atoms with Crippen molar-refractivity contribution in [3.63, 3.8) is 0 Å². The molecule has 0 aliphatic carbocycles. The third-order valence-electron chi connectivity index (χ3n) is 2.00. The van der Waals surface area contributed by atoms with Crippen LogP contribution in [0.2, 0.25) is 0 Å². The van der Waals surface area contributed by atoms with Crippen molar-refractivity contribution in [2.45, 2.75) is 32.6 Å². The van der Waals surface area contributed by atoms with Crippen LogP contribution in [0.25, 0.3) is 0 Å². The molecule has 0 aliphatic rings. The maximum absolute atomic E-state index is 10.9. The molecule has 0 rings (SSSR count). The van der Waals surface area contributed by atoms with Crippen LogP contribution in [0.1, 0.15) is 32.6 Å². The Bertz CT molecular complexity index is 232. The predicted octanol–water partition coefficient (Wildman–Crippen LogP) is 0.664. The van der Waals surface area contributed by atoms with Gasteiger partial charge < -0.3 is 19.7 Å². The molecule has 0 heterocycles. The maximum Gasteiger partial charge on any atom is 0.146 e. The van der Waals surface area contributed by atoms with Gasteiger partial charge in [-0.3, -0.25) is 4.79 Å². The summed E-state index contributed by atoms with van der Waals surface area (Å²) in [6.07, 6.45) is 2.69. The Morgan fingerprint density at radius 1 is 1.40 bits per heavy atom. The second kappa shape index (κ2) is 7.99. The molecule has 90 valence electrons. The van der Waals surface area contributed by atoms with Crippen LogP contribution in [0.4, 0.5) is 0 Å². The van der Waals surface area contributed by atoms with Crippen molar-refractivity contribution < 1.29 is 18.8 Å². The molecule has 15 heavy (non-hydrogen) atoms. The van der Waals surface area contributed by atoms with Crippen LogP contribution >= 0.6 is 7.60 Å². The Morgan fingerprint density at radius 2 is 2.07 bits per heavy atom. The Hall–Kier alpha value is -0.220. The molecule has 0 amide bonds. The lowest BCUT2D eigenvalue weighted by atomic mass is 10.1. The molecule has 0 aromatic carbocycles. The van der Waals surface area contributed by atoms with Crippen molar-refractivity contribution >= 4 is 13.4 Å². The standard InChI is InChI=1S/C9H20NO4P/c1-2-15(12,13)14-7-5-3-4-6-9(11)8-10/h2-8,10H2,1H3,(H,12,13)/p-1. The van der Waals surface area contributed by atoms with Gasteiger partial charge in [0.25, 0.3) is 0 Å². The lowest BCUT2D eigenvalue weighted by Crippen LogP contribution is -2.12. The Morgan fingerprint density at radius 3 is 2.60 bits per heavy atom. The third-order valence-corrected chi connectivity index (χ3v) is 3.35. The van der Waals surface area contributed by atoms with Crippen LogP contribution in [-0.4, -0.2) is 25.1 Å². The highest BCUT2D eigenvalue weighted by atomic mass is 31.2. The molecule has 6 heteroatoms. The average molecular weight is 236 g/mol. The normalized spacial score (nSPS) is 14.9. The lowest BCUT2D eigenvalue weighted by molar-refractivity contribution is -0.198. The second-order valence-corrected chi connectivity index (χ2v) is 5.43. The van der Waals surface area contributed by atoms with E-state index >= 15 is 0 Å². The minimum Gasteiger partial charge on any atom is -0.779 e. The lowest BCUT2D eigenvalue weighted by Gasteiger charge is -2.21. The van der Waals surface area contributed by atoms with Crippen molar-refractivity contribution in [1.82, 2.24) is 0 Å². The number of hydrogen-bond acceptors (Lipinski definition) is 5. The van der Waals surface area contributed by atoms with Crippen molar-refractivity contribution in [1.29, 1.82) is 0 Å². The molecule has 0 saturated carbocycles. The first-order valence-corrected chi connectivity index (χ1v) is 6.91. The van der Waals surface area contributed by atoms with E-state index < -0.39 is 7.60 Å². The van der Waals surface area contributed by atoms with Gasteiger partial charge in [-0.2, -0.15) is 0 Å². The van der Waals surface area contributed by atoms with E-state index in [2.05, 4.69) is 0 Å². The Kier molecular flexibility index (Phi) is 7.88. The van der Waals surface area contributed by atoms with Crippen molar-refractivity contribution in [2.24, 2.45) is 5.73 Å². The van der Waals surface area contributed by atoms with E-state index in [-0.39, 0.29) is 25.1 Å². The molecule has 0 bridgehead atoms. The molecule has 0 aliphatic heterocycles. The minimum atomic E-state index is -3.58. The molecule has 1 unspecified atom stereocenters. The molecule has 0 aromatic rings. The molecule has 2 N–H and O–H groups in total. The smallest absolute Gasteiger partial charge is 0.146 e. The summed E-state index contributed by atoms with van der Waals surface area (Å²) in [6, 6.07) is 0. The molecule has 0 fully saturated rings. The van der Waals surface area contributed by atoms with Gasteiger partial charge in [-0.05, 0) is 12.8 Å². The molecule has 0 spiro atoms. The summed E-state index contributed by atoms with van der Waals surface area (Å²) >= 11 is 0. The summed E-state index contributed by atoms with van der Waals surface area (Å²) in [5.74, 6) is 0.0407. The van der Waals surface area contributed by atoms with Gasteiger partial charge in [0.2, 0.25) is 0 Å². The summed E-state index contributed by atoms with van der Waals surface area (Å²) in [5, 5.41) is 0. The van der Waals surface area contributed by atoms with Gasteiger partial charge in [-0.15, -0.1) is 0 Å². The van der Waals surface area contributed by atoms with E-state index in [0.29, 0.717) is 12.8 Å². The fourth-order valence-electron chi connectivity index (χ4n) is 0.998. The minimum absolute atomic E-state index is 0.0264. The van der Waals surface area contributed by atoms with Crippen molar-refractivity contribution in [2.75, 3.05) is 19.3 Å². The van der Waals surface area contributed by atoms with E-state index in [1.807, 2.05) is 0 Å². The number of Topliss-reactive ketones (excluding diaryl/α,β-unsaturated/α-hetero) is 1. The average Bonchev–Trinajstić information content (AvgIpc) is 2.22. The zero-order valence-corrected chi connectivity index (χ0v) is 10.0. The highest BCUT2D eigenvalue weighted by Gasteiger charge is 2.04. The highest BCUT2D eigenvalue weighted by molar-refractivity contribution is 7.51. The largest absolute Gasteiger partial charge is 0.779 e. The van der Waals surface area contributed by atoms with Crippen LogP contribution in [0.5, 0.6) is 0 Å². The quantitative estimate of drug-likeness (QED) is 0.469. The molecular formula is C9H19NO4P-. The summed E-state index contributed by atoms with van der Waals surface area (Å²) in [6.45, 7) is 1.85.